The highest BCUT2D eigenvalue weighted by atomic mass is 16.6. The molecule has 0 bridgehead atoms. The molecule has 0 rings (SSSR count). The van der Waals surface area contributed by atoms with Crippen LogP contribution in [0, 0.1) is 20.2 Å². The van der Waals surface area contributed by atoms with E-state index in [0.29, 0.717) is 6.42 Å². The molecule has 1 radical (unpaired) electrons. The lowest BCUT2D eigenvalue weighted by Gasteiger charge is -2.15. The molecule has 0 aliphatic heterocycles. The van der Waals surface area contributed by atoms with Crippen molar-refractivity contribution >= 4 is 6.29 Å². The Hall–Kier alpha value is -1.87. The quantitative estimate of drug-likeness (QED) is 0.142. The van der Waals surface area contributed by atoms with Gasteiger partial charge in [0.1, 0.15) is 12.2 Å². The smallest absolute Gasteiger partial charge is 0.241 e. The van der Waals surface area contributed by atoms with E-state index >= 15 is 0 Å². The third kappa shape index (κ3) is 13.1. The Morgan fingerprint density at radius 3 is 2.00 bits per heavy atom. The summed E-state index contributed by atoms with van der Waals surface area (Å²) in [6.07, 6.45) is 9.27. The number of unbranched alkanes of at least 4 members (excludes halogenated alkanes) is 6. The minimum Gasteiger partial charge on any atom is -0.386 e. The first-order chi connectivity index (χ1) is 13.8. The molecule has 2 N–H and O–H groups in total. The van der Waals surface area contributed by atoms with Crippen molar-refractivity contribution in [3.63, 3.8) is 0 Å². The average molecular weight is 416 g/mol. The maximum absolute atomic E-state index is 11.2. The molecule has 4 atom stereocenters. The van der Waals surface area contributed by atoms with Gasteiger partial charge in [-0.1, -0.05) is 57.6 Å². The van der Waals surface area contributed by atoms with Gasteiger partial charge in [0.15, 0.2) is 6.29 Å². The van der Waals surface area contributed by atoms with Gasteiger partial charge < -0.3 is 10.2 Å². The maximum Gasteiger partial charge on any atom is 0.241 e. The highest BCUT2D eigenvalue weighted by Gasteiger charge is 2.29. The number of nitro groups is 2. The minimum absolute atomic E-state index is 0.0000455. The maximum atomic E-state index is 11.2. The van der Waals surface area contributed by atoms with Crippen LogP contribution in [0.15, 0.2) is 12.2 Å². The van der Waals surface area contributed by atoms with Crippen molar-refractivity contribution < 1.29 is 24.9 Å². The summed E-state index contributed by atoms with van der Waals surface area (Å²) in [5.74, 6) is 0. The molecule has 0 aliphatic rings. The van der Waals surface area contributed by atoms with Gasteiger partial charge in [-0.15, -0.1) is 0 Å². The largest absolute Gasteiger partial charge is 0.386 e. The fourth-order valence-corrected chi connectivity index (χ4v) is 3.16. The van der Waals surface area contributed by atoms with Crippen LogP contribution in [0.4, 0.5) is 0 Å². The Kier molecular flexibility index (Phi) is 15.9. The zero-order valence-electron chi connectivity index (χ0n) is 17.3. The van der Waals surface area contributed by atoms with Crippen molar-refractivity contribution in [1.29, 1.82) is 0 Å². The number of hydrogen-bond acceptors (Lipinski definition) is 7. The highest BCUT2D eigenvalue weighted by molar-refractivity contribution is 5.50. The first kappa shape index (κ1) is 27.1. The molecule has 0 saturated heterocycles. The fraction of sp³-hybridized carbons (Fsp3) is 0.850. The standard InChI is InChI=1S/C20H35N2O7/c1-2-3-4-5-6-7-14-19(24)17(21(26)27)12-8-9-15-20(25)18(22(28)29)13-10-11-16-23/h8-9,17-20,24-25H,2-7,10-15H2,1H3/b9-8-. The molecule has 0 aromatic carbocycles. The van der Waals surface area contributed by atoms with Crippen LogP contribution < -0.4 is 0 Å². The van der Waals surface area contributed by atoms with Crippen LogP contribution in [-0.2, 0) is 4.79 Å². The molecule has 9 heteroatoms. The van der Waals surface area contributed by atoms with Gasteiger partial charge in [-0.25, -0.2) is 0 Å². The van der Waals surface area contributed by atoms with Crippen LogP contribution in [0.3, 0.4) is 0 Å². The van der Waals surface area contributed by atoms with E-state index in [1.807, 2.05) is 0 Å². The first-order valence-corrected chi connectivity index (χ1v) is 10.5. The van der Waals surface area contributed by atoms with Gasteiger partial charge in [0, 0.05) is 29.1 Å². The normalized spacial score (nSPS) is 15.7. The average Bonchev–Trinajstić information content (AvgIpc) is 2.66. The van der Waals surface area contributed by atoms with Crippen molar-refractivity contribution in [2.24, 2.45) is 0 Å². The Morgan fingerprint density at radius 2 is 1.41 bits per heavy atom. The third-order valence-electron chi connectivity index (χ3n) is 4.98. The van der Waals surface area contributed by atoms with Gasteiger partial charge in [0.05, 0.1) is 0 Å². The second-order valence-corrected chi connectivity index (χ2v) is 7.38. The summed E-state index contributed by atoms with van der Waals surface area (Å²) < 4.78 is 0. The molecule has 0 spiro atoms. The second-order valence-electron chi connectivity index (χ2n) is 7.38. The molecule has 0 amide bonds. The molecular formula is C20H35N2O7. The lowest BCUT2D eigenvalue weighted by atomic mass is 9.99. The van der Waals surface area contributed by atoms with E-state index in [0.717, 1.165) is 32.1 Å². The molecule has 0 aliphatic carbocycles. The summed E-state index contributed by atoms with van der Waals surface area (Å²) in [4.78, 5) is 31.4. The van der Waals surface area contributed by atoms with Crippen molar-refractivity contribution in [2.45, 2.75) is 108 Å². The number of rotatable bonds is 19. The van der Waals surface area contributed by atoms with E-state index in [2.05, 4.69) is 6.92 Å². The van der Waals surface area contributed by atoms with Gasteiger partial charge in [-0.2, -0.15) is 0 Å². The summed E-state index contributed by atoms with van der Waals surface area (Å²) >= 11 is 0. The molecule has 29 heavy (non-hydrogen) atoms. The highest BCUT2D eigenvalue weighted by Crippen LogP contribution is 2.15. The second kappa shape index (κ2) is 17.0. The third-order valence-corrected chi connectivity index (χ3v) is 4.98. The Balaban J connectivity index is 4.40. The molecule has 9 nitrogen and oxygen atoms in total. The topological polar surface area (TPSA) is 144 Å². The predicted octanol–water partition coefficient (Wildman–Crippen LogP) is 3.37. The number of aliphatic hydroxyl groups excluding tert-OH is 2. The van der Waals surface area contributed by atoms with Gasteiger partial charge in [0.2, 0.25) is 12.1 Å². The van der Waals surface area contributed by atoms with Crippen molar-refractivity contribution in [2.75, 3.05) is 0 Å². The summed E-state index contributed by atoms with van der Waals surface area (Å²) in [6, 6.07) is -2.33. The fourth-order valence-electron chi connectivity index (χ4n) is 3.16. The molecule has 167 valence electrons. The van der Waals surface area contributed by atoms with E-state index in [9.17, 15) is 35.2 Å². The van der Waals surface area contributed by atoms with Gasteiger partial charge >= 0.3 is 0 Å². The summed E-state index contributed by atoms with van der Waals surface area (Å²) in [7, 11) is 0. The molecule has 0 aromatic rings. The van der Waals surface area contributed by atoms with Gasteiger partial charge in [0.25, 0.3) is 0 Å². The van der Waals surface area contributed by atoms with E-state index < -0.39 is 34.1 Å². The molecule has 0 aromatic heterocycles. The molecule has 4 unspecified atom stereocenters. The van der Waals surface area contributed by atoms with Crippen molar-refractivity contribution in [3.05, 3.63) is 32.4 Å². The van der Waals surface area contributed by atoms with Crippen LogP contribution in [0.2, 0.25) is 0 Å². The SMILES string of the molecule is CCCCCCCCC(O)C(C/C=C\CC(O)C(CCC[C]=O)[N+](=O)[O-])[N+](=O)[O-]. The molecule has 0 saturated carbocycles. The van der Waals surface area contributed by atoms with E-state index in [1.54, 1.807) is 6.29 Å². The monoisotopic (exact) mass is 415 g/mol. The van der Waals surface area contributed by atoms with Crippen LogP contribution >= 0.6 is 0 Å². The summed E-state index contributed by atoms with van der Waals surface area (Å²) in [5, 5.41) is 42.4. The zero-order chi connectivity index (χ0) is 22.1. The Labute approximate surface area is 172 Å². The first-order valence-electron chi connectivity index (χ1n) is 10.5. The Bertz CT molecular complexity index is 499. The van der Waals surface area contributed by atoms with E-state index in [4.69, 9.17) is 0 Å². The van der Waals surface area contributed by atoms with E-state index in [-0.39, 0.29) is 32.1 Å². The molecule has 0 heterocycles. The van der Waals surface area contributed by atoms with Crippen molar-refractivity contribution in [1.82, 2.24) is 0 Å². The van der Waals surface area contributed by atoms with E-state index in [1.165, 1.54) is 18.6 Å². The predicted molar refractivity (Wildman–Crippen MR) is 109 cm³/mol. The van der Waals surface area contributed by atoms with Gasteiger partial charge in [-0.3, -0.25) is 25.0 Å². The van der Waals surface area contributed by atoms with Crippen LogP contribution in [0.25, 0.3) is 0 Å². The lowest BCUT2D eigenvalue weighted by molar-refractivity contribution is -0.535. The molecule has 0 fully saturated rings. The number of hydrogen-bond donors (Lipinski definition) is 2. The number of carbonyl (C=O) groups excluding carboxylic acids is 1. The Morgan fingerprint density at radius 1 is 0.828 bits per heavy atom. The minimum atomic E-state index is -1.24. The number of aliphatic hydroxyl groups is 2. The molecular weight excluding hydrogens is 380 g/mol. The lowest BCUT2D eigenvalue weighted by Crippen LogP contribution is -2.34. The van der Waals surface area contributed by atoms with Crippen molar-refractivity contribution in [3.8, 4) is 0 Å². The zero-order valence-corrected chi connectivity index (χ0v) is 17.3. The van der Waals surface area contributed by atoms with Crippen LogP contribution in [0.1, 0.15) is 84.0 Å². The van der Waals surface area contributed by atoms with Crippen LogP contribution in [-0.4, -0.2) is 50.6 Å². The van der Waals surface area contributed by atoms with Crippen LogP contribution in [0.5, 0.6) is 0 Å². The van der Waals surface area contributed by atoms with Gasteiger partial charge in [-0.05, 0) is 19.3 Å². The number of nitrogens with zero attached hydrogens (tertiary/aromatic N) is 2. The summed E-state index contributed by atoms with van der Waals surface area (Å²) in [6.45, 7) is 2.13. The summed E-state index contributed by atoms with van der Waals surface area (Å²) in [5.41, 5.74) is 0.